The van der Waals surface area contributed by atoms with Crippen molar-refractivity contribution in [2.45, 2.75) is 62.3 Å². The smallest absolute Gasteiger partial charge is 0.0974 e. The predicted octanol–water partition coefficient (Wildman–Crippen LogP) is 2.76. The molecule has 1 aromatic carbocycles. The number of rotatable bonds is 1. The van der Waals surface area contributed by atoms with Crippen LogP contribution < -0.4 is 5.32 Å². The number of epoxide rings is 1. The highest BCUT2D eigenvalue weighted by molar-refractivity contribution is 5.64. The number of hydrogen-bond acceptors (Lipinski definition) is 3. The topological polar surface area (TPSA) is 27.8 Å². The second-order valence-electron chi connectivity index (χ2n) is 8.15. The van der Waals surface area contributed by atoms with Crippen molar-refractivity contribution in [2.75, 3.05) is 18.4 Å². The lowest BCUT2D eigenvalue weighted by Gasteiger charge is -2.56. The molecule has 4 heterocycles. The lowest BCUT2D eigenvalue weighted by Crippen LogP contribution is -2.65. The summed E-state index contributed by atoms with van der Waals surface area (Å²) in [6.45, 7) is 4.84. The number of piperidine rings is 1. The summed E-state index contributed by atoms with van der Waals surface area (Å²) in [5.74, 6) is 0. The summed E-state index contributed by atoms with van der Waals surface area (Å²) in [5, 5.41) is 3.89. The van der Waals surface area contributed by atoms with E-state index in [0.717, 1.165) is 0 Å². The predicted molar refractivity (Wildman–Crippen MR) is 86.1 cm³/mol. The molecule has 3 saturated heterocycles. The molecule has 5 aliphatic rings. The van der Waals surface area contributed by atoms with Crippen LogP contribution in [0.15, 0.2) is 24.3 Å². The van der Waals surface area contributed by atoms with Crippen LogP contribution in [0.4, 0.5) is 5.69 Å². The Kier molecular flexibility index (Phi) is 2.08. The number of hydrogen-bond donors (Lipinski definition) is 1. The molecule has 22 heavy (non-hydrogen) atoms. The minimum Gasteiger partial charge on any atom is -0.381 e. The van der Waals surface area contributed by atoms with Crippen molar-refractivity contribution >= 4 is 5.69 Å². The fourth-order valence-corrected chi connectivity index (χ4v) is 6.93. The van der Waals surface area contributed by atoms with Crippen LogP contribution in [-0.2, 0) is 10.2 Å². The summed E-state index contributed by atoms with van der Waals surface area (Å²) >= 11 is 0. The van der Waals surface area contributed by atoms with Crippen molar-refractivity contribution in [3.05, 3.63) is 29.8 Å². The van der Waals surface area contributed by atoms with Gasteiger partial charge in [0.15, 0.2) is 0 Å². The fraction of sp³-hybridized carbons (Fsp3) is 0.684. The molecule has 4 fully saturated rings. The van der Waals surface area contributed by atoms with Gasteiger partial charge in [0.25, 0.3) is 0 Å². The number of benzene rings is 1. The van der Waals surface area contributed by atoms with Gasteiger partial charge in [-0.05, 0) is 43.9 Å². The van der Waals surface area contributed by atoms with Crippen molar-refractivity contribution < 1.29 is 4.74 Å². The Bertz CT molecular complexity index is 661. The number of nitrogens with zero attached hydrogens (tertiary/aromatic N) is 1. The zero-order valence-electron chi connectivity index (χ0n) is 13.2. The third-order valence-corrected chi connectivity index (χ3v) is 7.71. The summed E-state index contributed by atoms with van der Waals surface area (Å²) in [4.78, 5) is 2.80. The monoisotopic (exact) mass is 296 g/mol. The Morgan fingerprint density at radius 1 is 1.32 bits per heavy atom. The Hall–Kier alpha value is -1.06. The van der Waals surface area contributed by atoms with E-state index in [1.807, 2.05) is 0 Å². The number of anilines is 1. The summed E-state index contributed by atoms with van der Waals surface area (Å²) in [7, 11) is 0. The fourth-order valence-electron chi connectivity index (χ4n) is 6.93. The van der Waals surface area contributed by atoms with Crippen LogP contribution in [0.3, 0.4) is 0 Å². The first-order chi connectivity index (χ1) is 10.8. The quantitative estimate of drug-likeness (QED) is 0.808. The molecule has 1 aromatic rings. The minimum atomic E-state index is 0.335. The van der Waals surface area contributed by atoms with E-state index in [1.165, 1.54) is 44.5 Å². The first kappa shape index (κ1) is 12.4. The normalized spacial score (nSPS) is 50.6. The Balaban J connectivity index is 1.59. The van der Waals surface area contributed by atoms with E-state index in [4.69, 9.17) is 4.74 Å². The van der Waals surface area contributed by atoms with E-state index < -0.39 is 0 Å². The second kappa shape index (κ2) is 3.70. The molecule has 0 aromatic heterocycles. The van der Waals surface area contributed by atoms with Gasteiger partial charge in [-0.15, -0.1) is 0 Å². The summed E-state index contributed by atoms with van der Waals surface area (Å²) in [5.41, 5.74) is 3.74. The average Bonchev–Trinajstić information content (AvgIpc) is 3.13. The van der Waals surface area contributed by atoms with Gasteiger partial charge in [0, 0.05) is 35.1 Å². The van der Waals surface area contributed by atoms with E-state index in [0.29, 0.717) is 35.1 Å². The van der Waals surface area contributed by atoms with Crippen molar-refractivity contribution in [3.8, 4) is 0 Å². The van der Waals surface area contributed by atoms with Gasteiger partial charge in [0.05, 0.1) is 12.2 Å². The zero-order chi connectivity index (χ0) is 14.5. The van der Waals surface area contributed by atoms with E-state index in [-0.39, 0.29) is 0 Å². The Labute approximate surface area is 132 Å². The maximum absolute atomic E-state index is 6.17. The molecule has 0 amide bonds. The average molecular weight is 296 g/mol. The Morgan fingerprint density at radius 2 is 2.23 bits per heavy atom. The molecule has 3 heteroatoms. The molecule has 1 saturated carbocycles. The second-order valence-corrected chi connectivity index (χ2v) is 8.15. The Morgan fingerprint density at radius 3 is 3.14 bits per heavy atom. The van der Waals surface area contributed by atoms with Gasteiger partial charge in [0.1, 0.15) is 0 Å². The van der Waals surface area contributed by atoms with Gasteiger partial charge >= 0.3 is 0 Å². The summed E-state index contributed by atoms with van der Waals surface area (Å²) < 4.78 is 6.17. The number of ether oxygens (including phenoxy) is 1. The van der Waals surface area contributed by atoms with Gasteiger partial charge in [-0.2, -0.15) is 0 Å². The van der Waals surface area contributed by atoms with Crippen LogP contribution in [0.2, 0.25) is 0 Å². The van der Waals surface area contributed by atoms with E-state index in [9.17, 15) is 0 Å². The molecule has 1 aliphatic carbocycles. The van der Waals surface area contributed by atoms with Crippen molar-refractivity contribution in [1.82, 2.24) is 4.90 Å². The molecule has 6 atom stereocenters. The summed E-state index contributed by atoms with van der Waals surface area (Å²) in [6, 6.07) is 10.4. The third kappa shape index (κ3) is 1.15. The van der Waals surface area contributed by atoms with Crippen molar-refractivity contribution in [1.29, 1.82) is 0 Å². The van der Waals surface area contributed by atoms with Crippen LogP contribution in [0.1, 0.15) is 38.2 Å². The molecule has 116 valence electrons. The molecule has 3 nitrogen and oxygen atoms in total. The maximum Gasteiger partial charge on any atom is 0.0974 e. The molecule has 1 N–H and O–H groups in total. The zero-order valence-corrected chi connectivity index (χ0v) is 13.2. The highest BCUT2D eigenvalue weighted by atomic mass is 16.6. The van der Waals surface area contributed by atoms with Crippen LogP contribution >= 0.6 is 0 Å². The van der Waals surface area contributed by atoms with Crippen molar-refractivity contribution in [2.24, 2.45) is 5.41 Å². The largest absolute Gasteiger partial charge is 0.381 e. The van der Waals surface area contributed by atoms with Gasteiger partial charge in [-0.3, -0.25) is 4.90 Å². The lowest BCUT2D eigenvalue weighted by molar-refractivity contribution is -0.0210. The third-order valence-electron chi connectivity index (χ3n) is 7.71. The maximum atomic E-state index is 6.17. The van der Waals surface area contributed by atoms with E-state index in [2.05, 4.69) is 41.4 Å². The SMILES string of the molecule is CCC12CCC3Nc4ccccc4C34CCN(CC3OC31)C24. The molecule has 0 radical (unpaired) electrons. The van der Waals surface area contributed by atoms with Crippen LogP contribution in [0.25, 0.3) is 0 Å². The summed E-state index contributed by atoms with van der Waals surface area (Å²) in [6.07, 6.45) is 6.31. The van der Waals surface area contributed by atoms with Gasteiger partial charge in [-0.25, -0.2) is 0 Å². The number of para-hydroxylation sites is 1. The molecule has 6 rings (SSSR count). The molecular weight excluding hydrogens is 272 g/mol. The molecular formula is C19H24N2O. The number of nitrogens with one attached hydrogen (secondary N) is 1. The van der Waals surface area contributed by atoms with E-state index >= 15 is 0 Å². The van der Waals surface area contributed by atoms with Crippen LogP contribution in [0.5, 0.6) is 0 Å². The lowest BCUT2D eigenvalue weighted by atomic mass is 9.52. The molecule has 4 aliphatic heterocycles. The standard InChI is InChI=1S/C19H24N2O/c1-2-18-8-7-15-19(12-5-3-4-6-13(12)20-15)9-10-21(17(18)19)11-14-16(18)22-14/h3-6,14-17,20H,2,7-11H2,1H3. The first-order valence-corrected chi connectivity index (χ1v) is 9.05. The van der Waals surface area contributed by atoms with Gasteiger partial charge in [0.2, 0.25) is 0 Å². The highest BCUT2D eigenvalue weighted by Crippen LogP contribution is 2.66. The minimum absolute atomic E-state index is 0.335. The van der Waals surface area contributed by atoms with Crippen LogP contribution in [0, 0.1) is 5.41 Å². The van der Waals surface area contributed by atoms with Crippen molar-refractivity contribution in [3.63, 3.8) is 0 Å². The van der Waals surface area contributed by atoms with Crippen LogP contribution in [-0.4, -0.2) is 42.3 Å². The number of fused-ring (bicyclic) bond motifs is 3. The molecule has 6 unspecified atom stereocenters. The van der Waals surface area contributed by atoms with E-state index in [1.54, 1.807) is 5.56 Å². The highest BCUT2D eigenvalue weighted by Gasteiger charge is 2.73. The molecule has 1 spiro atoms. The van der Waals surface area contributed by atoms with Gasteiger partial charge in [-0.1, -0.05) is 25.1 Å². The first-order valence-electron chi connectivity index (χ1n) is 9.05. The van der Waals surface area contributed by atoms with Gasteiger partial charge < -0.3 is 10.1 Å². The molecule has 0 bridgehead atoms.